The summed E-state index contributed by atoms with van der Waals surface area (Å²) in [6, 6.07) is 15.1. The molecule has 0 radical (unpaired) electrons. The van der Waals surface area contributed by atoms with Gasteiger partial charge in [0.05, 0.1) is 28.5 Å². The molecular formula is C19H15N5O. The summed E-state index contributed by atoms with van der Waals surface area (Å²) in [7, 11) is 0. The predicted octanol–water partition coefficient (Wildman–Crippen LogP) is 3.38. The van der Waals surface area contributed by atoms with Gasteiger partial charge in [0.1, 0.15) is 12.1 Å². The average molecular weight is 329 g/mol. The number of anilines is 1. The van der Waals surface area contributed by atoms with Crippen molar-refractivity contribution < 1.29 is 4.79 Å². The lowest BCUT2D eigenvalue weighted by atomic mass is 10.2. The number of amides is 1. The van der Waals surface area contributed by atoms with Crippen LogP contribution in [0, 0.1) is 6.92 Å². The minimum Gasteiger partial charge on any atom is -0.321 e. The second-order valence-corrected chi connectivity index (χ2v) is 5.65. The van der Waals surface area contributed by atoms with E-state index in [1.165, 1.54) is 0 Å². The van der Waals surface area contributed by atoms with Gasteiger partial charge < -0.3 is 5.32 Å². The summed E-state index contributed by atoms with van der Waals surface area (Å²) in [6.07, 6.45) is 4.93. The Labute approximate surface area is 144 Å². The molecule has 1 N–H and O–H groups in total. The van der Waals surface area contributed by atoms with Crippen molar-refractivity contribution in [2.45, 2.75) is 6.92 Å². The fraction of sp³-hybridized carbons (Fsp3) is 0.0526. The van der Waals surface area contributed by atoms with Crippen LogP contribution in [0.4, 0.5) is 5.69 Å². The third-order valence-electron chi connectivity index (χ3n) is 3.88. The van der Waals surface area contributed by atoms with Crippen LogP contribution in [0.3, 0.4) is 0 Å². The van der Waals surface area contributed by atoms with E-state index in [2.05, 4.69) is 20.3 Å². The number of nitrogens with zero attached hydrogens (tertiary/aromatic N) is 4. The van der Waals surface area contributed by atoms with Gasteiger partial charge in [-0.15, -0.1) is 0 Å². The number of aryl methyl sites for hydroxylation is 1. The average Bonchev–Trinajstić information content (AvgIpc) is 3.07. The number of carbonyl (C=O) groups is 1. The van der Waals surface area contributed by atoms with Crippen LogP contribution in [0.25, 0.3) is 16.9 Å². The van der Waals surface area contributed by atoms with Crippen LogP contribution in [-0.2, 0) is 0 Å². The zero-order valence-corrected chi connectivity index (χ0v) is 13.5. The molecule has 6 heteroatoms. The Balaban J connectivity index is 1.56. The van der Waals surface area contributed by atoms with Crippen molar-refractivity contribution in [3.05, 3.63) is 78.5 Å². The smallest absolute Gasteiger partial charge is 0.257 e. The molecule has 0 unspecified atom stereocenters. The molecule has 4 rings (SSSR count). The van der Waals surface area contributed by atoms with Crippen molar-refractivity contribution in [3.8, 4) is 5.82 Å². The first-order valence-electron chi connectivity index (χ1n) is 7.83. The summed E-state index contributed by atoms with van der Waals surface area (Å²) in [5.41, 5.74) is 3.90. The molecule has 0 atom stereocenters. The number of para-hydroxylation sites is 2. The van der Waals surface area contributed by atoms with Crippen molar-refractivity contribution in [3.63, 3.8) is 0 Å². The molecule has 1 aromatic carbocycles. The van der Waals surface area contributed by atoms with Gasteiger partial charge in [0.2, 0.25) is 0 Å². The standard InChI is InChI=1S/C19H15N5O/c1-13-6-7-14(10-20-13)19(25)23-15-8-9-18(21-11-15)24-12-22-16-4-2-3-5-17(16)24/h2-12H,1H3,(H,23,25). The molecule has 0 spiro atoms. The first-order valence-corrected chi connectivity index (χ1v) is 7.83. The van der Waals surface area contributed by atoms with Crippen LogP contribution < -0.4 is 5.32 Å². The summed E-state index contributed by atoms with van der Waals surface area (Å²) >= 11 is 0. The molecule has 0 aliphatic heterocycles. The number of benzene rings is 1. The molecule has 6 nitrogen and oxygen atoms in total. The lowest BCUT2D eigenvalue weighted by Crippen LogP contribution is -2.12. The molecule has 0 aliphatic carbocycles. The van der Waals surface area contributed by atoms with Gasteiger partial charge in [0.25, 0.3) is 5.91 Å². The Kier molecular flexibility index (Phi) is 3.70. The molecule has 0 saturated heterocycles. The van der Waals surface area contributed by atoms with Gasteiger partial charge in [0.15, 0.2) is 0 Å². The number of nitrogens with one attached hydrogen (secondary N) is 1. The van der Waals surface area contributed by atoms with E-state index in [1.54, 1.807) is 30.9 Å². The summed E-state index contributed by atoms with van der Waals surface area (Å²) in [6.45, 7) is 1.88. The maximum atomic E-state index is 12.2. The molecule has 0 saturated carbocycles. The van der Waals surface area contributed by atoms with E-state index in [0.717, 1.165) is 22.5 Å². The maximum Gasteiger partial charge on any atom is 0.257 e. The lowest BCUT2D eigenvalue weighted by molar-refractivity contribution is 0.102. The molecule has 3 heterocycles. The van der Waals surface area contributed by atoms with Crippen LogP contribution in [0.5, 0.6) is 0 Å². The Bertz CT molecular complexity index is 1040. The van der Waals surface area contributed by atoms with Gasteiger partial charge in [-0.25, -0.2) is 9.97 Å². The van der Waals surface area contributed by atoms with Gasteiger partial charge in [-0.1, -0.05) is 12.1 Å². The van der Waals surface area contributed by atoms with Crippen LogP contribution in [-0.4, -0.2) is 25.4 Å². The zero-order valence-electron chi connectivity index (χ0n) is 13.5. The summed E-state index contributed by atoms with van der Waals surface area (Å²) in [5, 5.41) is 2.82. The molecule has 0 bridgehead atoms. The Morgan fingerprint density at radius 1 is 0.960 bits per heavy atom. The van der Waals surface area contributed by atoms with Crippen LogP contribution in [0.1, 0.15) is 16.1 Å². The fourth-order valence-electron chi connectivity index (χ4n) is 2.55. The summed E-state index contributed by atoms with van der Waals surface area (Å²) in [4.78, 5) is 25.1. The minimum atomic E-state index is -0.213. The van der Waals surface area contributed by atoms with Crippen LogP contribution in [0.15, 0.2) is 67.3 Å². The van der Waals surface area contributed by atoms with E-state index in [-0.39, 0.29) is 5.91 Å². The SMILES string of the molecule is Cc1ccc(C(=O)Nc2ccc(-n3cnc4ccccc43)nc2)cn1. The van der Waals surface area contributed by atoms with Crippen molar-refractivity contribution in [1.82, 2.24) is 19.5 Å². The number of fused-ring (bicyclic) bond motifs is 1. The molecule has 1 amide bonds. The Morgan fingerprint density at radius 3 is 2.60 bits per heavy atom. The van der Waals surface area contributed by atoms with Crippen molar-refractivity contribution >= 4 is 22.6 Å². The van der Waals surface area contributed by atoms with Gasteiger partial charge in [0, 0.05) is 11.9 Å². The topological polar surface area (TPSA) is 72.7 Å². The molecule has 3 aromatic heterocycles. The second kappa shape index (κ2) is 6.16. The maximum absolute atomic E-state index is 12.2. The number of carbonyl (C=O) groups excluding carboxylic acids is 1. The fourth-order valence-corrected chi connectivity index (χ4v) is 2.55. The largest absolute Gasteiger partial charge is 0.321 e. The first kappa shape index (κ1) is 15.0. The van der Waals surface area contributed by atoms with E-state index >= 15 is 0 Å². The Hall–Kier alpha value is -3.54. The highest BCUT2D eigenvalue weighted by Gasteiger charge is 2.08. The number of aromatic nitrogens is 4. The lowest BCUT2D eigenvalue weighted by Gasteiger charge is -2.07. The number of hydrogen-bond acceptors (Lipinski definition) is 4. The van der Waals surface area contributed by atoms with E-state index in [0.29, 0.717) is 11.3 Å². The van der Waals surface area contributed by atoms with E-state index in [1.807, 2.05) is 47.9 Å². The van der Waals surface area contributed by atoms with E-state index in [4.69, 9.17) is 0 Å². The molecule has 4 aromatic rings. The number of rotatable bonds is 3. The second-order valence-electron chi connectivity index (χ2n) is 5.65. The molecule has 0 fully saturated rings. The van der Waals surface area contributed by atoms with Gasteiger partial charge in [-0.05, 0) is 43.3 Å². The number of pyridine rings is 2. The number of hydrogen-bond donors (Lipinski definition) is 1. The van der Waals surface area contributed by atoms with Crippen molar-refractivity contribution in [2.75, 3.05) is 5.32 Å². The third kappa shape index (κ3) is 2.97. The van der Waals surface area contributed by atoms with Gasteiger partial charge in [-0.3, -0.25) is 14.3 Å². The molecule has 0 aliphatic rings. The monoisotopic (exact) mass is 329 g/mol. The highest BCUT2D eigenvalue weighted by atomic mass is 16.1. The highest BCUT2D eigenvalue weighted by Crippen LogP contribution is 2.17. The quantitative estimate of drug-likeness (QED) is 0.625. The summed E-state index contributed by atoms with van der Waals surface area (Å²) < 4.78 is 1.91. The summed E-state index contributed by atoms with van der Waals surface area (Å²) in [5.74, 6) is 0.527. The number of imidazole rings is 1. The van der Waals surface area contributed by atoms with E-state index < -0.39 is 0 Å². The third-order valence-corrected chi connectivity index (χ3v) is 3.88. The normalized spacial score (nSPS) is 10.8. The van der Waals surface area contributed by atoms with Crippen molar-refractivity contribution in [2.24, 2.45) is 0 Å². The molecular weight excluding hydrogens is 314 g/mol. The Morgan fingerprint density at radius 2 is 1.84 bits per heavy atom. The minimum absolute atomic E-state index is 0.213. The first-order chi connectivity index (χ1) is 12.2. The highest BCUT2D eigenvalue weighted by molar-refractivity contribution is 6.03. The van der Waals surface area contributed by atoms with Crippen LogP contribution in [0.2, 0.25) is 0 Å². The molecule has 122 valence electrons. The molecule has 25 heavy (non-hydrogen) atoms. The van der Waals surface area contributed by atoms with Crippen LogP contribution >= 0.6 is 0 Å². The van der Waals surface area contributed by atoms with Crippen molar-refractivity contribution in [1.29, 1.82) is 0 Å². The van der Waals surface area contributed by atoms with E-state index in [9.17, 15) is 4.79 Å². The zero-order chi connectivity index (χ0) is 17.2. The predicted molar refractivity (Wildman–Crippen MR) is 95.8 cm³/mol. The van der Waals surface area contributed by atoms with Gasteiger partial charge in [-0.2, -0.15) is 0 Å². The van der Waals surface area contributed by atoms with Gasteiger partial charge >= 0.3 is 0 Å².